The fraction of sp³-hybridized carbons (Fsp3) is 0.407. The van der Waals surface area contributed by atoms with E-state index in [4.69, 9.17) is 4.74 Å². The summed E-state index contributed by atoms with van der Waals surface area (Å²) in [4.78, 5) is 15.5. The van der Waals surface area contributed by atoms with Crippen LogP contribution in [0, 0.1) is 13.8 Å². The molecule has 2 N–H and O–H groups in total. The maximum absolute atomic E-state index is 13.5. The number of ether oxygens (including phenoxy) is 1. The number of rotatable bonds is 5. The molecule has 33 heavy (non-hydrogen) atoms. The van der Waals surface area contributed by atoms with Crippen molar-refractivity contribution in [2.24, 2.45) is 0 Å². The largest absolute Gasteiger partial charge is 0.507 e. The number of carbonyl (C=O) groups excluding carboxylic acids is 1. The number of phenols is 1. The first-order chi connectivity index (χ1) is 15.8. The molecule has 0 radical (unpaired) electrons. The number of hydrogen-bond donors (Lipinski definition) is 2. The Kier molecular flexibility index (Phi) is 5.49. The number of aromatic hydroxyl groups is 1. The molecular formula is C27H31N3O3. The molecule has 0 spiro atoms. The molecular weight excluding hydrogens is 414 g/mol. The van der Waals surface area contributed by atoms with Gasteiger partial charge in [0.2, 0.25) is 0 Å². The standard InChI is InChI=1S/C27H31N3O3/c1-15(2)18-7-9-19(10-8-18)26-23-24(22-17(4)12-16(3)13-21(22)31)28-29-25(23)27(32)30(26)14-20-6-5-11-33-20/h7-10,12-13,15,20,26,31H,5-6,11,14H2,1-4H3,(H,28,29). The molecule has 0 saturated carbocycles. The molecule has 1 fully saturated rings. The van der Waals surface area contributed by atoms with Crippen molar-refractivity contribution in [2.45, 2.75) is 58.6 Å². The lowest BCUT2D eigenvalue weighted by molar-refractivity contribution is 0.0495. The summed E-state index contributed by atoms with van der Waals surface area (Å²) < 4.78 is 5.88. The quantitative estimate of drug-likeness (QED) is 0.562. The van der Waals surface area contributed by atoms with Crippen LogP contribution in [0.2, 0.25) is 0 Å². The highest BCUT2D eigenvalue weighted by molar-refractivity contribution is 6.00. The van der Waals surface area contributed by atoms with Crippen molar-refractivity contribution in [1.82, 2.24) is 15.1 Å². The van der Waals surface area contributed by atoms with Crippen LogP contribution < -0.4 is 0 Å². The van der Waals surface area contributed by atoms with Gasteiger partial charge in [-0.2, -0.15) is 5.10 Å². The predicted octanol–water partition coefficient (Wildman–Crippen LogP) is 5.25. The van der Waals surface area contributed by atoms with Crippen molar-refractivity contribution in [3.63, 3.8) is 0 Å². The number of nitrogens with one attached hydrogen (secondary N) is 1. The highest BCUT2D eigenvalue weighted by Gasteiger charge is 2.43. The number of aryl methyl sites for hydroxylation is 2. The molecule has 3 heterocycles. The van der Waals surface area contributed by atoms with Gasteiger partial charge in [-0.05, 0) is 60.9 Å². The van der Waals surface area contributed by atoms with Crippen LogP contribution in [0.5, 0.6) is 5.75 Å². The second kappa shape index (κ2) is 8.34. The van der Waals surface area contributed by atoms with Gasteiger partial charge in [0.1, 0.15) is 17.1 Å². The van der Waals surface area contributed by atoms with Crippen LogP contribution in [0.1, 0.15) is 77.0 Å². The molecule has 5 rings (SSSR count). The summed E-state index contributed by atoms with van der Waals surface area (Å²) in [6, 6.07) is 12.0. The normalized spacial score (nSPS) is 20.2. The molecule has 3 aromatic rings. The Bertz CT molecular complexity index is 1170. The van der Waals surface area contributed by atoms with Gasteiger partial charge in [-0.15, -0.1) is 0 Å². The molecule has 2 aromatic carbocycles. The van der Waals surface area contributed by atoms with Crippen LogP contribution in [0.3, 0.4) is 0 Å². The molecule has 0 aliphatic carbocycles. The van der Waals surface area contributed by atoms with Crippen LogP contribution >= 0.6 is 0 Å². The number of amides is 1. The zero-order valence-electron chi connectivity index (χ0n) is 19.7. The zero-order valence-corrected chi connectivity index (χ0v) is 19.7. The second-order valence-electron chi connectivity index (χ2n) is 9.65. The van der Waals surface area contributed by atoms with Crippen molar-refractivity contribution in [3.8, 4) is 17.0 Å². The smallest absolute Gasteiger partial charge is 0.273 e. The van der Waals surface area contributed by atoms with E-state index in [1.54, 1.807) is 6.07 Å². The highest BCUT2D eigenvalue weighted by Crippen LogP contribution is 2.46. The molecule has 6 nitrogen and oxygen atoms in total. The summed E-state index contributed by atoms with van der Waals surface area (Å²) >= 11 is 0. The zero-order chi connectivity index (χ0) is 23.3. The Balaban J connectivity index is 1.65. The molecule has 2 unspecified atom stereocenters. The maximum Gasteiger partial charge on any atom is 0.273 e. The number of hydrogen-bond acceptors (Lipinski definition) is 4. The van der Waals surface area contributed by atoms with E-state index in [0.29, 0.717) is 29.4 Å². The Labute approximate surface area is 194 Å². The Morgan fingerprint density at radius 3 is 2.61 bits per heavy atom. The summed E-state index contributed by atoms with van der Waals surface area (Å²) in [6.07, 6.45) is 2.02. The fourth-order valence-electron chi connectivity index (χ4n) is 5.25. The van der Waals surface area contributed by atoms with E-state index in [1.165, 1.54) is 5.56 Å². The summed E-state index contributed by atoms with van der Waals surface area (Å²) in [5.74, 6) is 0.543. The molecule has 1 saturated heterocycles. The van der Waals surface area contributed by atoms with Gasteiger partial charge < -0.3 is 14.7 Å². The maximum atomic E-state index is 13.5. The van der Waals surface area contributed by atoms with E-state index in [1.807, 2.05) is 24.8 Å². The number of fused-ring (bicyclic) bond motifs is 1. The third-order valence-corrected chi connectivity index (χ3v) is 6.90. The Morgan fingerprint density at radius 2 is 1.97 bits per heavy atom. The first kappa shape index (κ1) is 21.7. The monoisotopic (exact) mass is 445 g/mol. The van der Waals surface area contributed by atoms with Crippen LogP contribution in [0.15, 0.2) is 36.4 Å². The summed E-state index contributed by atoms with van der Waals surface area (Å²) in [6.45, 7) is 9.55. The Hall–Kier alpha value is -3.12. The highest BCUT2D eigenvalue weighted by atomic mass is 16.5. The minimum atomic E-state index is -0.285. The molecule has 2 aliphatic rings. The lowest BCUT2D eigenvalue weighted by atomic mass is 9.92. The van der Waals surface area contributed by atoms with E-state index < -0.39 is 0 Å². The topological polar surface area (TPSA) is 78.5 Å². The van der Waals surface area contributed by atoms with E-state index in [2.05, 4.69) is 48.3 Å². The number of aromatic amines is 1. The third kappa shape index (κ3) is 3.72. The molecule has 0 bridgehead atoms. The van der Waals surface area contributed by atoms with Crippen molar-refractivity contribution in [1.29, 1.82) is 0 Å². The van der Waals surface area contributed by atoms with Gasteiger partial charge in [0.15, 0.2) is 0 Å². The van der Waals surface area contributed by atoms with Crippen LogP contribution in [0.4, 0.5) is 0 Å². The first-order valence-corrected chi connectivity index (χ1v) is 11.8. The van der Waals surface area contributed by atoms with Crippen LogP contribution in [-0.2, 0) is 4.74 Å². The van der Waals surface area contributed by atoms with E-state index in [9.17, 15) is 9.90 Å². The van der Waals surface area contributed by atoms with Gasteiger partial charge in [0.25, 0.3) is 5.91 Å². The summed E-state index contributed by atoms with van der Waals surface area (Å²) in [5, 5.41) is 18.3. The number of benzene rings is 2. The van der Waals surface area contributed by atoms with Crippen molar-refractivity contribution < 1.29 is 14.6 Å². The number of carbonyl (C=O) groups is 1. The lowest BCUT2D eigenvalue weighted by Crippen LogP contribution is -2.36. The second-order valence-corrected chi connectivity index (χ2v) is 9.65. The predicted molar refractivity (Wildman–Crippen MR) is 128 cm³/mol. The van der Waals surface area contributed by atoms with Gasteiger partial charge >= 0.3 is 0 Å². The number of nitrogens with zero attached hydrogens (tertiary/aromatic N) is 2. The number of aromatic nitrogens is 2. The summed E-state index contributed by atoms with van der Waals surface area (Å²) in [7, 11) is 0. The van der Waals surface area contributed by atoms with Gasteiger partial charge in [0.05, 0.1) is 12.1 Å². The van der Waals surface area contributed by atoms with Crippen LogP contribution in [-0.4, -0.2) is 45.4 Å². The lowest BCUT2D eigenvalue weighted by Gasteiger charge is -2.29. The SMILES string of the molecule is Cc1cc(C)c(-c2n[nH]c3c2C(c2ccc(C(C)C)cc2)N(CC2CCCO2)C3=O)c(O)c1. The van der Waals surface area contributed by atoms with Gasteiger partial charge in [0, 0.05) is 24.3 Å². The number of phenolic OH excluding ortho intramolecular Hbond substituents is 1. The number of H-pyrrole nitrogens is 1. The van der Waals surface area contributed by atoms with Crippen molar-refractivity contribution in [2.75, 3.05) is 13.2 Å². The van der Waals surface area contributed by atoms with Gasteiger partial charge in [-0.25, -0.2) is 0 Å². The van der Waals surface area contributed by atoms with Crippen molar-refractivity contribution >= 4 is 5.91 Å². The van der Waals surface area contributed by atoms with Gasteiger partial charge in [-0.1, -0.05) is 44.2 Å². The Morgan fingerprint density at radius 1 is 1.21 bits per heavy atom. The fourth-order valence-corrected chi connectivity index (χ4v) is 5.25. The third-order valence-electron chi connectivity index (χ3n) is 6.90. The molecule has 6 heteroatoms. The molecule has 2 aliphatic heterocycles. The minimum Gasteiger partial charge on any atom is -0.507 e. The van der Waals surface area contributed by atoms with Crippen molar-refractivity contribution in [3.05, 3.63) is 69.9 Å². The first-order valence-electron chi connectivity index (χ1n) is 11.8. The molecule has 2 atom stereocenters. The van der Waals surface area contributed by atoms with E-state index >= 15 is 0 Å². The molecule has 1 amide bonds. The van der Waals surface area contributed by atoms with E-state index in [-0.39, 0.29) is 23.8 Å². The average Bonchev–Trinajstić information content (AvgIpc) is 3.48. The summed E-state index contributed by atoms with van der Waals surface area (Å²) in [5.41, 5.74) is 6.86. The minimum absolute atomic E-state index is 0.0429. The molecule has 1 aromatic heterocycles. The molecule has 172 valence electrons. The average molecular weight is 446 g/mol. The van der Waals surface area contributed by atoms with Crippen LogP contribution in [0.25, 0.3) is 11.3 Å². The van der Waals surface area contributed by atoms with Gasteiger partial charge in [-0.3, -0.25) is 9.89 Å². The van der Waals surface area contributed by atoms with E-state index in [0.717, 1.165) is 41.7 Å².